The summed E-state index contributed by atoms with van der Waals surface area (Å²) in [5.74, 6) is 1.81. The number of ketones is 1. The van der Waals surface area contributed by atoms with Crippen LogP contribution < -0.4 is 10.6 Å². The molecule has 246 valence electrons. The lowest BCUT2D eigenvalue weighted by Gasteiger charge is -2.12. The fourth-order valence-electron chi connectivity index (χ4n) is 6.21. The molecule has 2 aromatic heterocycles. The summed E-state index contributed by atoms with van der Waals surface area (Å²) in [5.41, 5.74) is 8.79. The molecule has 3 rings (SSSR count). The van der Waals surface area contributed by atoms with Gasteiger partial charge >= 0.3 is 0 Å². The Labute approximate surface area is 267 Å². The zero-order valence-electron chi connectivity index (χ0n) is 28.2. The van der Waals surface area contributed by atoms with Crippen molar-refractivity contribution >= 4 is 33.5 Å². The number of hydrogen-bond acceptors (Lipinski definition) is 5. The number of Topliss-reactive ketones (excluding diaryl/α,β-unsaturated/α-hetero) is 1. The zero-order chi connectivity index (χ0) is 31.2. The van der Waals surface area contributed by atoms with E-state index in [2.05, 4.69) is 24.9 Å². The molecule has 0 atom stereocenters. The average molecular weight is 607 g/mol. The Bertz CT molecular complexity index is 1200. The van der Waals surface area contributed by atoms with Gasteiger partial charge in [-0.05, 0) is 38.2 Å². The van der Waals surface area contributed by atoms with Crippen LogP contribution in [-0.2, 0) is 11.2 Å². The van der Waals surface area contributed by atoms with E-state index in [0.29, 0.717) is 18.2 Å². The van der Waals surface area contributed by atoms with Crippen LogP contribution >= 0.6 is 0 Å². The third-order valence-corrected chi connectivity index (χ3v) is 8.93. The first-order chi connectivity index (χ1) is 21.7. The van der Waals surface area contributed by atoms with Crippen LogP contribution in [0, 0.1) is 0 Å². The van der Waals surface area contributed by atoms with Gasteiger partial charge in [0, 0.05) is 24.6 Å². The van der Waals surface area contributed by atoms with Crippen LogP contribution in [0.2, 0.25) is 0 Å². The van der Waals surface area contributed by atoms with E-state index in [1.165, 1.54) is 89.9 Å². The molecule has 0 saturated carbocycles. The Hall–Kier alpha value is -2.63. The predicted octanol–water partition coefficient (Wildman–Crippen LogP) is 10.7. The highest BCUT2D eigenvalue weighted by Crippen LogP contribution is 2.28. The number of hydrogen-bond donors (Lipinski definition) is 1. The lowest BCUT2D eigenvalue weighted by atomic mass is 10.0. The molecule has 3 aromatic rings. The zero-order valence-corrected chi connectivity index (χ0v) is 28.2. The summed E-state index contributed by atoms with van der Waals surface area (Å²) >= 11 is 0. The molecule has 0 spiro atoms. The molecule has 6 nitrogen and oxygen atoms in total. The van der Waals surface area contributed by atoms with Gasteiger partial charge in [-0.15, -0.1) is 0 Å². The molecule has 0 aliphatic rings. The second-order valence-electron chi connectivity index (χ2n) is 12.9. The van der Waals surface area contributed by atoms with E-state index in [4.69, 9.17) is 15.6 Å². The molecule has 2 N–H and O–H groups in total. The van der Waals surface area contributed by atoms with Crippen molar-refractivity contribution in [2.75, 3.05) is 12.3 Å². The second-order valence-corrected chi connectivity index (χ2v) is 12.9. The normalized spacial score (nSPS) is 11.6. The van der Waals surface area contributed by atoms with E-state index in [9.17, 15) is 4.79 Å². The molecule has 0 fully saturated rings. The number of pyridine rings is 1. The fourth-order valence-corrected chi connectivity index (χ4v) is 6.21. The number of benzene rings is 1. The summed E-state index contributed by atoms with van der Waals surface area (Å²) in [7, 11) is 0. The maximum atomic E-state index is 12.4. The number of fused-ring (bicyclic) bond motifs is 3. The molecule has 0 bridgehead atoms. The average Bonchev–Trinajstić information content (AvgIpc) is 3.40. The largest absolute Gasteiger partial charge is 0.412 e. The molecule has 6 heteroatoms. The summed E-state index contributed by atoms with van der Waals surface area (Å²) in [6.07, 6.45) is 29.0. The highest BCUT2D eigenvalue weighted by atomic mass is 16.7. The van der Waals surface area contributed by atoms with E-state index in [1.807, 2.05) is 22.9 Å². The van der Waals surface area contributed by atoms with E-state index in [-0.39, 0.29) is 0 Å². The van der Waals surface area contributed by atoms with Gasteiger partial charge in [-0.2, -0.15) is 4.73 Å². The summed E-state index contributed by atoms with van der Waals surface area (Å²) < 4.78 is 1.91. The Morgan fingerprint density at radius 1 is 0.682 bits per heavy atom. The van der Waals surface area contributed by atoms with Gasteiger partial charge in [-0.25, -0.2) is 9.97 Å². The Kier molecular flexibility index (Phi) is 17.9. The lowest BCUT2D eigenvalue weighted by Crippen LogP contribution is -2.16. The molecule has 0 aliphatic heterocycles. The molecule has 0 saturated heterocycles. The molecule has 0 amide bonds. The SMILES string of the molecule is CCCCCCCCCCCCCCCCCC(=O)CCCCCCOn1c(CCCC)nc2c(N)nc3ccccc3c21. The van der Waals surface area contributed by atoms with Gasteiger partial charge in [0.1, 0.15) is 29.2 Å². The minimum Gasteiger partial charge on any atom is -0.412 e. The Morgan fingerprint density at radius 3 is 1.80 bits per heavy atom. The Morgan fingerprint density at radius 2 is 1.20 bits per heavy atom. The van der Waals surface area contributed by atoms with Crippen LogP contribution in [0.25, 0.3) is 21.9 Å². The number of anilines is 1. The van der Waals surface area contributed by atoms with Gasteiger partial charge in [0.25, 0.3) is 0 Å². The fraction of sp³-hybridized carbons (Fsp3) is 0.711. The standard InChI is InChI=1S/C38H62N4O2/c1-3-5-7-8-9-10-11-12-13-14-15-16-17-18-21-26-32(43)27-22-19-20-25-31-44-42-35(30-6-4-2)41-36-37(42)33-28-23-24-29-34(33)40-38(36)39/h23-24,28-29H,3-22,25-27,30-31H2,1-2H3,(H2,39,40). The third-order valence-electron chi connectivity index (χ3n) is 8.93. The Balaban J connectivity index is 1.21. The van der Waals surface area contributed by atoms with Crippen LogP contribution in [0.4, 0.5) is 5.82 Å². The predicted molar refractivity (Wildman–Crippen MR) is 187 cm³/mol. The number of aryl methyl sites for hydroxylation is 1. The molecular formula is C38H62N4O2. The van der Waals surface area contributed by atoms with Crippen LogP contribution in [0.3, 0.4) is 0 Å². The first kappa shape index (κ1) is 35.8. The van der Waals surface area contributed by atoms with Crippen LogP contribution in [0.15, 0.2) is 24.3 Å². The first-order valence-corrected chi connectivity index (χ1v) is 18.4. The maximum Gasteiger partial charge on any atom is 0.152 e. The third kappa shape index (κ3) is 12.8. The smallest absolute Gasteiger partial charge is 0.152 e. The molecule has 1 aromatic carbocycles. The second kappa shape index (κ2) is 22.0. The maximum absolute atomic E-state index is 12.4. The van der Waals surface area contributed by atoms with E-state index in [0.717, 1.165) is 92.0 Å². The van der Waals surface area contributed by atoms with Gasteiger partial charge < -0.3 is 10.6 Å². The highest BCUT2D eigenvalue weighted by molar-refractivity contribution is 6.06. The molecule has 0 unspecified atom stereocenters. The van der Waals surface area contributed by atoms with Gasteiger partial charge in [0.15, 0.2) is 5.82 Å². The summed E-state index contributed by atoms with van der Waals surface area (Å²) in [6, 6.07) is 8.04. The molecule has 0 radical (unpaired) electrons. The summed E-state index contributed by atoms with van der Waals surface area (Å²) in [5, 5.41) is 1.01. The number of nitrogen functional groups attached to an aromatic ring is 1. The van der Waals surface area contributed by atoms with Crippen molar-refractivity contribution in [3.63, 3.8) is 0 Å². The summed E-state index contributed by atoms with van der Waals surface area (Å²) in [6.45, 7) is 5.09. The van der Waals surface area contributed by atoms with Crippen molar-refractivity contribution in [3.05, 3.63) is 30.1 Å². The summed E-state index contributed by atoms with van der Waals surface area (Å²) in [4.78, 5) is 28.1. The molecule has 44 heavy (non-hydrogen) atoms. The van der Waals surface area contributed by atoms with Gasteiger partial charge in [-0.1, -0.05) is 135 Å². The first-order valence-electron chi connectivity index (χ1n) is 18.4. The number of para-hydroxylation sites is 1. The van der Waals surface area contributed by atoms with E-state index < -0.39 is 0 Å². The quantitative estimate of drug-likeness (QED) is 0.0873. The van der Waals surface area contributed by atoms with Crippen molar-refractivity contribution in [1.82, 2.24) is 14.7 Å². The number of imidazole rings is 1. The van der Waals surface area contributed by atoms with Crippen LogP contribution in [-0.4, -0.2) is 27.1 Å². The van der Waals surface area contributed by atoms with E-state index in [1.54, 1.807) is 0 Å². The monoisotopic (exact) mass is 606 g/mol. The van der Waals surface area contributed by atoms with Crippen molar-refractivity contribution in [1.29, 1.82) is 0 Å². The van der Waals surface area contributed by atoms with Crippen molar-refractivity contribution in [3.8, 4) is 0 Å². The minimum atomic E-state index is 0.444. The number of carbonyl (C=O) groups excluding carboxylic acids is 1. The molecular weight excluding hydrogens is 544 g/mol. The number of carbonyl (C=O) groups is 1. The van der Waals surface area contributed by atoms with Gasteiger partial charge in [0.2, 0.25) is 0 Å². The lowest BCUT2D eigenvalue weighted by molar-refractivity contribution is -0.119. The molecule has 0 aliphatic carbocycles. The highest BCUT2D eigenvalue weighted by Gasteiger charge is 2.18. The van der Waals surface area contributed by atoms with Crippen LogP contribution in [0.5, 0.6) is 0 Å². The van der Waals surface area contributed by atoms with Crippen molar-refractivity contribution in [2.45, 2.75) is 168 Å². The molecule has 2 heterocycles. The number of nitrogens with zero attached hydrogens (tertiary/aromatic N) is 3. The number of rotatable bonds is 27. The number of unbranched alkanes of at least 4 members (excludes halogenated alkanes) is 18. The van der Waals surface area contributed by atoms with Crippen molar-refractivity contribution < 1.29 is 9.63 Å². The number of aromatic nitrogens is 3. The van der Waals surface area contributed by atoms with Gasteiger partial charge in [-0.3, -0.25) is 4.79 Å². The van der Waals surface area contributed by atoms with Crippen molar-refractivity contribution in [2.24, 2.45) is 0 Å². The topological polar surface area (TPSA) is 83.0 Å². The van der Waals surface area contributed by atoms with Crippen LogP contribution in [0.1, 0.15) is 167 Å². The minimum absolute atomic E-state index is 0.444. The van der Waals surface area contributed by atoms with Gasteiger partial charge in [0.05, 0.1) is 5.52 Å². The number of nitrogens with two attached hydrogens (primary N) is 1. The van der Waals surface area contributed by atoms with E-state index >= 15 is 0 Å².